The molecule has 0 saturated carbocycles. The Labute approximate surface area is 176 Å². The average Bonchev–Trinajstić information content (AvgIpc) is 2.67. The number of aryl methyl sites for hydroxylation is 1. The second-order valence-electron chi connectivity index (χ2n) is 7.23. The summed E-state index contributed by atoms with van der Waals surface area (Å²) in [5.74, 6) is 0.355. The zero-order valence-corrected chi connectivity index (χ0v) is 17.5. The molecule has 4 heteroatoms. The molecule has 0 aliphatic heterocycles. The number of benzene rings is 3. The molecule has 0 radical (unpaired) electrons. The largest absolute Gasteiger partial charge is 0.322 e. The maximum absolute atomic E-state index is 12.5. The quantitative estimate of drug-likeness (QED) is 0.465. The first-order chi connectivity index (χ1) is 13.4. The second-order valence-corrected chi connectivity index (χ2v) is 8.04. The summed E-state index contributed by atoms with van der Waals surface area (Å²) < 4.78 is 0. The van der Waals surface area contributed by atoms with Crippen LogP contribution < -0.4 is 5.32 Å². The maximum atomic E-state index is 12.5. The fourth-order valence-corrected chi connectivity index (χ4v) is 3.56. The lowest BCUT2D eigenvalue weighted by atomic mass is 9.94. The van der Waals surface area contributed by atoms with Crippen molar-refractivity contribution < 1.29 is 4.79 Å². The molecule has 3 aromatic carbocycles. The zero-order valence-electron chi connectivity index (χ0n) is 16.0. The molecule has 0 aromatic heterocycles. The van der Waals surface area contributed by atoms with Crippen LogP contribution in [0.5, 0.6) is 0 Å². The van der Waals surface area contributed by atoms with Gasteiger partial charge in [0.2, 0.25) is 0 Å². The third-order valence-electron chi connectivity index (χ3n) is 4.76. The lowest BCUT2D eigenvalue weighted by Crippen LogP contribution is -2.13. The number of hydrogen-bond acceptors (Lipinski definition) is 1. The second kappa shape index (κ2) is 9.27. The summed E-state index contributed by atoms with van der Waals surface area (Å²) in [4.78, 5) is 12.5. The number of nitrogens with one attached hydrogen (secondary N) is 1. The molecule has 0 aliphatic carbocycles. The Morgan fingerprint density at radius 3 is 2.21 bits per heavy atom. The van der Waals surface area contributed by atoms with Crippen molar-refractivity contribution in [1.82, 2.24) is 0 Å². The molecule has 0 fully saturated rings. The summed E-state index contributed by atoms with van der Waals surface area (Å²) in [7, 11) is 0. The van der Waals surface area contributed by atoms with Gasteiger partial charge in [0, 0.05) is 11.3 Å². The molecular formula is C24H23Cl2NO. The fraction of sp³-hybridized carbons (Fsp3) is 0.208. The summed E-state index contributed by atoms with van der Waals surface area (Å²) in [6.45, 7) is 4.19. The number of anilines is 1. The van der Waals surface area contributed by atoms with E-state index in [1.165, 1.54) is 11.1 Å². The van der Waals surface area contributed by atoms with Gasteiger partial charge in [-0.25, -0.2) is 0 Å². The number of amides is 1. The number of para-hydroxylation sites is 1. The van der Waals surface area contributed by atoms with E-state index in [0.29, 0.717) is 21.5 Å². The van der Waals surface area contributed by atoms with Gasteiger partial charge >= 0.3 is 0 Å². The normalized spacial score (nSPS) is 11.9. The standard InChI is InChI=1S/C24H23Cl2NO/c1-16(14-19-9-12-21(25)22(26)15-19)13-18-7-10-20(11-8-18)24(28)27-23-6-4-3-5-17(23)2/h3-12,15-16H,13-14H2,1-2H3,(H,27,28). The zero-order chi connectivity index (χ0) is 20.1. The van der Waals surface area contributed by atoms with E-state index in [9.17, 15) is 4.79 Å². The molecule has 2 nitrogen and oxygen atoms in total. The summed E-state index contributed by atoms with van der Waals surface area (Å²) in [6, 6.07) is 21.4. The summed E-state index contributed by atoms with van der Waals surface area (Å²) >= 11 is 12.1. The first-order valence-electron chi connectivity index (χ1n) is 9.32. The Morgan fingerprint density at radius 2 is 1.54 bits per heavy atom. The lowest BCUT2D eigenvalue weighted by Gasteiger charge is -2.13. The van der Waals surface area contributed by atoms with Crippen LogP contribution in [0.15, 0.2) is 66.7 Å². The fourth-order valence-electron chi connectivity index (χ4n) is 3.24. The minimum atomic E-state index is -0.0929. The van der Waals surface area contributed by atoms with Gasteiger partial charge in [-0.2, -0.15) is 0 Å². The topological polar surface area (TPSA) is 29.1 Å². The Hall–Kier alpha value is -2.29. The predicted octanol–water partition coefficient (Wildman–Crippen LogP) is 6.98. The third kappa shape index (κ3) is 5.37. The maximum Gasteiger partial charge on any atom is 0.255 e. The van der Waals surface area contributed by atoms with Gasteiger partial charge in [0.05, 0.1) is 10.0 Å². The van der Waals surface area contributed by atoms with Crippen LogP contribution >= 0.6 is 23.2 Å². The van der Waals surface area contributed by atoms with Crippen molar-refractivity contribution in [2.24, 2.45) is 5.92 Å². The number of hydrogen-bond donors (Lipinski definition) is 1. The van der Waals surface area contributed by atoms with Crippen molar-refractivity contribution in [3.8, 4) is 0 Å². The Bertz CT molecular complexity index is 967. The SMILES string of the molecule is Cc1ccccc1NC(=O)c1ccc(CC(C)Cc2ccc(Cl)c(Cl)c2)cc1. The molecule has 144 valence electrons. The molecule has 0 heterocycles. The van der Waals surface area contributed by atoms with Crippen molar-refractivity contribution in [3.63, 3.8) is 0 Å². The highest BCUT2D eigenvalue weighted by atomic mass is 35.5. The van der Waals surface area contributed by atoms with E-state index in [4.69, 9.17) is 23.2 Å². The van der Waals surface area contributed by atoms with Gasteiger partial charge in [-0.05, 0) is 72.7 Å². The Morgan fingerprint density at radius 1 is 0.893 bits per heavy atom. The molecule has 0 aliphatic rings. The van der Waals surface area contributed by atoms with Crippen LogP contribution in [0.1, 0.15) is 34.0 Å². The molecule has 1 unspecified atom stereocenters. The van der Waals surface area contributed by atoms with Crippen LogP contribution in [0.25, 0.3) is 0 Å². The molecule has 3 aromatic rings. The van der Waals surface area contributed by atoms with E-state index >= 15 is 0 Å². The highest BCUT2D eigenvalue weighted by Gasteiger charge is 2.10. The van der Waals surface area contributed by atoms with Gasteiger partial charge in [-0.3, -0.25) is 4.79 Å². The highest BCUT2D eigenvalue weighted by molar-refractivity contribution is 6.42. The summed E-state index contributed by atoms with van der Waals surface area (Å²) in [5.41, 5.74) is 4.93. The van der Waals surface area contributed by atoms with E-state index in [-0.39, 0.29) is 5.91 Å². The summed E-state index contributed by atoms with van der Waals surface area (Å²) in [5, 5.41) is 4.14. The average molecular weight is 412 g/mol. The van der Waals surface area contributed by atoms with Crippen LogP contribution in [0.3, 0.4) is 0 Å². The molecule has 1 N–H and O–H groups in total. The first-order valence-corrected chi connectivity index (χ1v) is 10.1. The van der Waals surface area contributed by atoms with Gasteiger partial charge in [0.1, 0.15) is 0 Å². The van der Waals surface area contributed by atoms with E-state index < -0.39 is 0 Å². The first kappa shape index (κ1) is 20.4. The minimum Gasteiger partial charge on any atom is -0.322 e. The lowest BCUT2D eigenvalue weighted by molar-refractivity contribution is 0.102. The molecule has 3 rings (SSSR count). The van der Waals surface area contributed by atoms with Gasteiger partial charge in [0.15, 0.2) is 0 Å². The molecule has 1 amide bonds. The highest BCUT2D eigenvalue weighted by Crippen LogP contribution is 2.24. The van der Waals surface area contributed by atoms with Gasteiger partial charge in [-0.1, -0.05) is 66.5 Å². The summed E-state index contributed by atoms with van der Waals surface area (Å²) in [6.07, 6.45) is 1.85. The van der Waals surface area contributed by atoms with Crippen LogP contribution in [0.4, 0.5) is 5.69 Å². The number of halogens is 2. The van der Waals surface area contributed by atoms with E-state index in [1.54, 1.807) is 0 Å². The Balaban J connectivity index is 1.59. The van der Waals surface area contributed by atoms with Crippen molar-refractivity contribution >= 4 is 34.8 Å². The predicted molar refractivity (Wildman–Crippen MR) is 119 cm³/mol. The van der Waals surface area contributed by atoms with Gasteiger partial charge in [-0.15, -0.1) is 0 Å². The van der Waals surface area contributed by atoms with Crippen LogP contribution in [0.2, 0.25) is 10.0 Å². The van der Waals surface area contributed by atoms with Crippen LogP contribution in [-0.4, -0.2) is 5.91 Å². The van der Waals surface area contributed by atoms with Gasteiger partial charge in [0.25, 0.3) is 5.91 Å². The van der Waals surface area contributed by atoms with Crippen molar-refractivity contribution in [2.75, 3.05) is 5.32 Å². The minimum absolute atomic E-state index is 0.0929. The molecule has 0 spiro atoms. The van der Waals surface area contributed by atoms with Gasteiger partial charge < -0.3 is 5.32 Å². The van der Waals surface area contributed by atoms with Crippen molar-refractivity contribution in [3.05, 3.63) is 99.0 Å². The molecule has 28 heavy (non-hydrogen) atoms. The Kier molecular flexibility index (Phi) is 6.77. The molecule has 1 atom stereocenters. The molecule has 0 saturated heterocycles. The number of carbonyl (C=O) groups excluding carboxylic acids is 1. The number of rotatable bonds is 6. The monoisotopic (exact) mass is 411 g/mol. The third-order valence-corrected chi connectivity index (χ3v) is 5.50. The van der Waals surface area contributed by atoms with E-state index in [0.717, 1.165) is 24.1 Å². The van der Waals surface area contributed by atoms with Crippen LogP contribution in [-0.2, 0) is 12.8 Å². The van der Waals surface area contributed by atoms with E-state index in [1.807, 2.05) is 73.7 Å². The van der Waals surface area contributed by atoms with Crippen LogP contribution in [0, 0.1) is 12.8 Å². The van der Waals surface area contributed by atoms with Crippen molar-refractivity contribution in [2.45, 2.75) is 26.7 Å². The number of carbonyl (C=O) groups is 1. The van der Waals surface area contributed by atoms with E-state index in [2.05, 4.69) is 12.2 Å². The smallest absolute Gasteiger partial charge is 0.255 e. The molecule has 0 bridgehead atoms. The molecular weight excluding hydrogens is 389 g/mol. The van der Waals surface area contributed by atoms with Crippen molar-refractivity contribution in [1.29, 1.82) is 0 Å².